The van der Waals surface area contributed by atoms with Gasteiger partial charge in [0.2, 0.25) is 10.0 Å². The summed E-state index contributed by atoms with van der Waals surface area (Å²) in [6, 6.07) is 13.5. The van der Waals surface area contributed by atoms with Gasteiger partial charge in [-0.2, -0.15) is 4.31 Å². The van der Waals surface area contributed by atoms with E-state index in [1.54, 1.807) is 41.3 Å². The van der Waals surface area contributed by atoms with Crippen molar-refractivity contribution in [2.24, 2.45) is 0 Å². The third-order valence-corrected chi connectivity index (χ3v) is 6.80. The first kappa shape index (κ1) is 19.7. The number of hydrogen-bond donors (Lipinski definition) is 0. The van der Waals surface area contributed by atoms with Gasteiger partial charge in [0.05, 0.1) is 17.2 Å². The molecule has 1 saturated heterocycles. The van der Waals surface area contributed by atoms with Gasteiger partial charge in [0.15, 0.2) is 0 Å². The van der Waals surface area contributed by atoms with E-state index in [-0.39, 0.29) is 28.9 Å². The van der Waals surface area contributed by atoms with Crippen LogP contribution in [0.25, 0.3) is 0 Å². The number of carbonyl (C=O) groups is 1. The van der Waals surface area contributed by atoms with Crippen LogP contribution in [0.4, 0.5) is 0 Å². The fourth-order valence-electron chi connectivity index (χ4n) is 3.02. The Bertz CT molecular complexity index is 925. The fourth-order valence-corrected chi connectivity index (χ4v) is 4.94. The molecule has 0 radical (unpaired) electrons. The summed E-state index contributed by atoms with van der Waals surface area (Å²) in [5.74, 6) is 0.380. The smallest absolute Gasteiger partial charge is 0.257 e. The molecule has 0 atom stereocenters. The Labute approximate surface area is 164 Å². The summed E-state index contributed by atoms with van der Waals surface area (Å²) < 4.78 is 32.5. The summed E-state index contributed by atoms with van der Waals surface area (Å²) in [6.07, 6.45) is 0. The van der Waals surface area contributed by atoms with E-state index >= 15 is 0 Å². The SMILES string of the molecule is CCOc1ccccc1C(=O)N1CCN(S(=O)(=O)c2ccccc2Cl)CC1. The molecule has 8 heteroatoms. The van der Waals surface area contributed by atoms with Crippen molar-refractivity contribution in [1.29, 1.82) is 0 Å². The van der Waals surface area contributed by atoms with Gasteiger partial charge in [-0.1, -0.05) is 35.9 Å². The maximum Gasteiger partial charge on any atom is 0.257 e. The first-order valence-corrected chi connectivity index (χ1v) is 10.5. The second-order valence-electron chi connectivity index (χ2n) is 6.06. The minimum atomic E-state index is -3.68. The summed E-state index contributed by atoms with van der Waals surface area (Å²) in [6.45, 7) is 3.38. The first-order valence-electron chi connectivity index (χ1n) is 8.71. The van der Waals surface area contributed by atoms with Crippen molar-refractivity contribution < 1.29 is 17.9 Å². The predicted molar refractivity (Wildman–Crippen MR) is 104 cm³/mol. The molecule has 1 aliphatic heterocycles. The number of ether oxygens (including phenoxy) is 1. The third kappa shape index (κ3) is 4.10. The van der Waals surface area contributed by atoms with Crippen LogP contribution in [0.2, 0.25) is 5.02 Å². The monoisotopic (exact) mass is 408 g/mol. The number of piperazine rings is 1. The van der Waals surface area contributed by atoms with Crippen LogP contribution in [0.3, 0.4) is 0 Å². The highest BCUT2D eigenvalue weighted by Gasteiger charge is 2.32. The molecule has 1 amide bonds. The van der Waals surface area contributed by atoms with Gasteiger partial charge in [0.1, 0.15) is 10.6 Å². The lowest BCUT2D eigenvalue weighted by Crippen LogP contribution is -2.50. The lowest BCUT2D eigenvalue weighted by Gasteiger charge is -2.34. The Kier molecular flexibility index (Phi) is 6.04. The van der Waals surface area contributed by atoms with Gasteiger partial charge in [-0.3, -0.25) is 4.79 Å². The van der Waals surface area contributed by atoms with Crippen molar-refractivity contribution in [3.8, 4) is 5.75 Å². The highest BCUT2D eigenvalue weighted by atomic mass is 35.5. The molecule has 0 unspecified atom stereocenters. The Balaban J connectivity index is 1.72. The fraction of sp³-hybridized carbons (Fsp3) is 0.316. The van der Waals surface area contributed by atoms with Gasteiger partial charge < -0.3 is 9.64 Å². The molecule has 1 aliphatic rings. The van der Waals surface area contributed by atoms with E-state index in [0.717, 1.165) is 0 Å². The second-order valence-corrected chi connectivity index (χ2v) is 8.37. The number of sulfonamides is 1. The summed E-state index contributed by atoms with van der Waals surface area (Å²) in [4.78, 5) is 14.6. The van der Waals surface area contributed by atoms with Gasteiger partial charge in [-0.05, 0) is 31.2 Å². The molecule has 27 heavy (non-hydrogen) atoms. The van der Waals surface area contributed by atoms with Crippen molar-refractivity contribution >= 4 is 27.5 Å². The highest BCUT2D eigenvalue weighted by Crippen LogP contribution is 2.26. The van der Waals surface area contributed by atoms with E-state index in [4.69, 9.17) is 16.3 Å². The number of hydrogen-bond acceptors (Lipinski definition) is 4. The topological polar surface area (TPSA) is 66.9 Å². The average Bonchev–Trinajstić information content (AvgIpc) is 2.68. The minimum absolute atomic E-state index is 0.0909. The molecule has 6 nitrogen and oxygen atoms in total. The number of halogens is 1. The standard InChI is InChI=1S/C19H21ClN2O4S/c1-2-26-17-9-5-3-7-15(17)19(23)21-11-13-22(14-12-21)27(24,25)18-10-6-4-8-16(18)20/h3-10H,2,11-14H2,1H3. The minimum Gasteiger partial charge on any atom is -0.493 e. The van der Waals surface area contributed by atoms with Crippen LogP contribution in [0.5, 0.6) is 5.75 Å². The number of para-hydroxylation sites is 1. The molecule has 2 aromatic rings. The van der Waals surface area contributed by atoms with Crippen LogP contribution in [-0.4, -0.2) is 56.3 Å². The van der Waals surface area contributed by atoms with Crippen molar-refractivity contribution in [3.05, 3.63) is 59.1 Å². The van der Waals surface area contributed by atoms with E-state index in [9.17, 15) is 13.2 Å². The van der Waals surface area contributed by atoms with Crippen molar-refractivity contribution in [3.63, 3.8) is 0 Å². The number of carbonyl (C=O) groups excluding carboxylic acids is 1. The van der Waals surface area contributed by atoms with Gasteiger partial charge >= 0.3 is 0 Å². The van der Waals surface area contributed by atoms with Gasteiger partial charge in [-0.25, -0.2) is 8.42 Å². The van der Waals surface area contributed by atoms with Crippen LogP contribution in [0, 0.1) is 0 Å². The van der Waals surface area contributed by atoms with Crippen molar-refractivity contribution in [1.82, 2.24) is 9.21 Å². The molecule has 2 aromatic carbocycles. The molecule has 1 heterocycles. The van der Waals surface area contributed by atoms with Gasteiger partial charge in [0, 0.05) is 26.2 Å². The molecule has 3 rings (SSSR count). The Hall–Kier alpha value is -2.09. The van der Waals surface area contributed by atoms with E-state index in [1.807, 2.05) is 13.0 Å². The summed E-state index contributed by atoms with van der Waals surface area (Å²) >= 11 is 6.05. The van der Waals surface area contributed by atoms with Crippen LogP contribution in [-0.2, 0) is 10.0 Å². The number of rotatable bonds is 5. The van der Waals surface area contributed by atoms with E-state index in [1.165, 1.54) is 10.4 Å². The Morgan fingerprint density at radius 3 is 2.33 bits per heavy atom. The molecule has 0 N–H and O–H groups in total. The quantitative estimate of drug-likeness (QED) is 0.762. The maximum atomic E-state index is 12.8. The Morgan fingerprint density at radius 1 is 1.04 bits per heavy atom. The predicted octanol–water partition coefficient (Wildman–Crippen LogP) is 2.89. The second kappa shape index (κ2) is 8.29. The zero-order chi connectivity index (χ0) is 19.4. The molecule has 0 aromatic heterocycles. The average molecular weight is 409 g/mol. The molecule has 1 fully saturated rings. The number of amides is 1. The molecule has 0 aliphatic carbocycles. The number of nitrogens with zero attached hydrogens (tertiary/aromatic N) is 2. The van der Waals surface area contributed by atoms with E-state index in [2.05, 4.69) is 0 Å². The lowest BCUT2D eigenvalue weighted by atomic mass is 10.1. The van der Waals surface area contributed by atoms with Crippen LogP contribution < -0.4 is 4.74 Å². The zero-order valence-electron chi connectivity index (χ0n) is 15.0. The van der Waals surface area contributed by atoms with Crippen LogP contribution in [0.1, 0.15) is 17.3 Å². The normalized spacial score (nSPS) is 15.6. The number of benzene rings is 2. The Morgan fingerprint density at radius 2 is 1.67 bits per heavy atom. The van der Waals surface area contributed by atoms with E-state index < -0.39 is 10.0 Å². The van der Waals surface area contributed by atoms with Crippen molar-refractivity contribution in [2.75, 3.05) is 32.8 Å². The molecule has 0 saturated carbocycles. The molecule has 144 valence electrons. The highest BCUT2D eigenvalue weighted by molar-refractivity contribution is 7.89. The molecule has 0 spiro atoms. The summed E-state index contributed by atoms with van der Waals surface area (Å²) in [5.41, 5.74) is 0.488. The van der Waals surface area contributed by atoms with Crippen LogP contribution >= 0.6 is 11.6 Å². The molecular weight excluding hydrogens is 388 g/mol. The summed E-state index contributed by atoms with van der Waals surface area (Å²) in [7, 11) is -3.68. The van der Waals surface area contributed by atoms with E-state index in [0.29, 0.717) is 31.0 Å². The van der Waals surface area contributed by atoms with Crippen LogP contribution in [0.15, 0.2) is 53.4 Å². The van der Waals surface area contributed by atoms with Gasteiger partial charge in [0.25, 0.3) is 5.91 Å². The summed E-state index contributed by atoms with van der Waals surface area (Å²) in [5, 5.41) is 0.196. The maximum absolute atomic E-state index is 12.8. The lowest BCUT2D eigenvalue weighted by molar-refractivity contribution is 0.0693. The zero-order valence-corrected chi connectivity index (χ0v) is 16.5. The largest absolute Gasteiger partial charge is 0.493 e. The molecule has 0 bridgehead atoms. The third-order valence-electron chi connectivity index (χ3n) is 4.40. The molecular formula is C19H21ClN2O4S. The first-order chi connectivity index (χ1) is 12.9. The van der Waals surface area contributed by atoms with Crippen molar-refractivity contribution in [2.45, 2.75) is 11.8 Å². The van der Waals surface area contributed by atoms with Gasteiger partial charge in [-0.15, -0.1) is 0 Å².